The molecule has 7 N–H and O–H groups in total. The molecule has 11 heteroatoms. The summed E-state index contributed by atoms with van der Waals surface area (Å²) in [4.78, 5) is 36.1. The highest BCUT2D eigenvalue weighted by Gasteiger charge is 2.26. The first-order chi connectivity index (χ1) is 8.01. The molecule has 0 saturated heterocycles. The van der Waals surface area contributed by atoms with Gasteiger partial charge in [-0.15, -0.1) is 0 Å². The summed E-state index contributed by atoms with van der Waals surface area (Å²) in [6, 6.07) is 2.84. The number of hydrogen-bond acceptors (Lipinski definition) is 3. The third-order valence-electron chi connectivity index (χ3n) is 1.89. The maximum absolute atomic E-state index is 11.2. The molecule has 0 saturated carbocycles. The summed E-state index contributed by atoms with van der Waals surface area (Å²) in [5.41, 5.74) is 5.07. The van der Waals surface area contributed by atoms with Crippen molar-refractivity contribution in [2.45, 2.75) is 0 Å². The van der Waals surface area contributed by atoms with Gasteiger partial charge in [0, 0.05) is 0 Å². The van der Waals surface area contributed by atoms with E-state index in [0.29, 0.717) is 0 Å². The highest BCUT2D eigenvalue weighted by atomic mass is 32.1. The molecule has 0 bridgehead atoms. The predicted molar refractivity (Wildman–Crippen MR) is 70.2 cm³/mol. The fourth-order valence-corrected chi connectivity index (χ4v) is 2.71. The molecule has 0 aromatic heterocycles. The van der Waals surface area contributed by atoms with E-state index in [-0.39, 0.29) is 10.8 Å². The first-order valence-electron chi connectivity index (χ1n) is 4.34. The average molecular weight is 312 g/mol. The quantitative estimate of drug-likeness (QED) is 0.303. The van der Waals surface area contributed by atoms with Gasteiger partial charge in [-0.1, -0.05) is 0 Å². The number of nitrogens with one attached hydrogen (secondary N) is 1. The molecule has 0 amide bonds. The Bertz CT molecular complexity index is 579. The molecule has 8 nitrogen and oxygen atoms in total. The average Bonchev–Trinajstić information content (AvgIpc) is 2.13. The van der Waals surface area contributed by atoms with E-state index in [0.717, 1.165) is 18.2 Å². The molecule has 1 aromatic rings. The molecule has 0 aliphatic heterocycles. The molecular weight excluding hydrogens is 302 g/mol. The molecule has 0 aliphatic carbocycles. The van der Waals surface area contributed by atoms with Crippen LogP contribution in [0, 0.1) is 0 Å². The molecule has 18 heavy (non-hydrogen) atoms. The number of rotatable bonds is 3. The lowest BCUT2D eigenvalue weighted by Crippen LogP contribution is -2.25. The predicted octanol–water partition coefficient (Wildman–Crippen LogP) is -1.05. The lowest BCUT2D eigenvalue weighted by molar-refractivity contribution is 0.386. The Morgan fingerprint density at radius 1 is 1.17 bits per heavy atom. The van der Waals surface area contributed by atoms with Crippen LogP contribution in [-0.4, -0.2) is 24.7 Å². The number of thiocarbonyl (C=S) groups is 1. The molecule has 0 unspecified atom stereocenters. The summed E-state index contributed by atoms with van der Waals surface area (Å²) in [5, 5.41) is 1.00. The SMILES string of the molecule is NC(=S)Nc1ccc(P(=O)(O)O)cc1P(=O)(O)O. The molecule has 0 heterocycles. The summed E-state index contributed by atoms with van der Waals surface area (Å²) in [5.74, 6) is 0. The second-order valence-electron chi connectivity index (χ2n) is 3.28. The monoisotopic (exact) mass is 312 g/mol. The normalized spacial score (nSPS) is 12.2. The van der Waals surface area contributed by atoms with Crippen LogP contribution in [-0.2, 0) is 9.13 Å². The third-order valence-corrected chi connectivity index (χ3v) is 3.94. The van der Waals surface area contributed by atoms with Crippen LogP contribution < -0.4 is 21.7 Å². The van der Waals surface area contributed by atoms with Crippen LogP contribution in [0.25, 0.3) is 0 Å². The van der Waals surface area contributed by atoms with E-state index in [1.54, 1.807) is 0 Å². The van der Waals surface area contributed by atoms with Crippen LogP contribution in [0.5, 0.6) is 0 Å². The molecule has 1 rings (SSSR count). The van der Waals surface area contributed by atoms with Crippen molar-refractivity contribution in [3.05, 3.63) is 18.2 Å². The van der Waals surface area contributed by atoms with Crippen molar-refractivity contribution in [1.82, 2.24) is 0 Å². The highest BCUT2D eigenvalue weighted by molar-refractivity contribution is 7.80. The zero-order valence-corrected chi connectivity index (χ0v) is 11.3. The molecular formula is C7H10N2O6P2S. The first kappa shape index (κ1) is 15.3. The van der Waals surface area contributed by atoms with Crippen molar-refractivity contribution < 1.29 is 28.7 Å². The Morgan fingerprint density at radius 3 is 2.11 bits per heavy atom. The maximum Gasteiger partial charge on any atom is 0.358 e. The van der Waals surface area contributed by atoms with Crippen molar-refractivity contribution in [2.75, 3.05) is 5.32 Å². The number of hydrogen-bond donors (Lipinski definition) is 6. The maximum atomic E-state index is 11.2. The number of benzene rings is 1. The van der Waals surface area contributed by atoms with Gasteiger partial charge in [0.25, 0.3) is 0 Å². The van der Waals surface area contributed by atoms with Crippen molar-refractivity contribution in [3.8, 4) is 0 Å². The fraction of sp³-hybridized carbons (Fsp3) is 0. The van der Waals surface area contributed by atoms with Gasteiger partial charge in [0.15, 0.2) is 5.11 Å². The Balaban J connectivity index is 3.44. The summed E-state index contributed by atoms with van der Waals surface area (Å²) < 4.78 is 22.2. The van der Waals surface area contributed by atoms with Gasteiger partial charge in [-0.05, 0) is 30.4 Å². The first-order valence-corrected chi connectivity index (χ1v) is 7.98. The van der Waals surface area contributed by atoms with Gasteiger partial charge >= 0.3 is 15.2 Å². The van der Waals surface area contributed by atoms with Crippen LogP contribution in [0.1, 0.15) is 0 Å². The lowest BCUT2D eigenvalue weighted by atomic mass is 10.3. The van der Waals surface area contributed by atoms with Gasteiger partial charge in [-0.25, -0.2) is 0 Å². The van der Waals surface area contributed by atoms with Crippen molar-refractivity contribution in [3.63, 3.8) is 0 Å². The number of anilines is 1. The van der Waals surface area contributed by atoms with Crippen LogP contribution in [0.15, 0.2) is 18.2 Å². The number of nitrogens with two attached hydrogens (primary N) is 1. The van der Waals surface area contributed by atoms with Crippen molar-refractivity contribution in [2.24, 2.45) is 5.73 Å². The zero-order chi connectivity index (χ0) is 14.1. The van der Waals surface area contributed by atoms with Crippen molar-refractivity contribution >= 4 is 48.8 Å². The third kappa shape index (κ3) is 3.86. The van der Waals surface area contributed by atoms with E-state index in [1.165, 1.54) is 0 Å². The lowest BCUT2D eigenvalue weighted by Gasteiger charge is -2.14. The Morgan fingerprint density at radius 2 is 1.72 bits per heavy atom. The van der Waals surface area contributed by atoms with Gasteiger partial charge in [-0.2, -0.15) is 0 Å². The highest BCUT2D eigenvalue weighted by Crippen LogP contribution is 2.39. The molecule has 1 aromatic carbocycles. The molecule has 0 fully saturated rings. The molecule has 0 aliphatic rings. The Kier molecular flexibility index (Phi) is 4.30. The fourth-order valence-electron chi connectivity index (χ4n) is 1.18. The summed E-state index contributed by atoms with van der Waals surface area (Å²) >= 11 is 4.53. The second-order valence-corrected chi connectivity index (χ2v) is 6.89. The molecule has 0 atom stereocenters. The summed E-state index contributed by atoms with van der Waals surface area (Å²) in [7, 11) is -9.33. The molecule has 100 valence electrons. The van der Waals surface area contributed by atoms with E-state index < -0.39 is 25.8 Å². The standard InChI is InChI=1S/C7H10N2O6P2S/c8-7(18)9-5-2-1-4(16(10,11)12)3-6(5)17(13,14)15/h1-3H,(H3,8,9,18)(H2,10,11,12)(H2,13,14,15). The topological polar surface area (TPSA) is 153 Å². The minimum atomic E-state index is -4.73. The van der Waals surface area contributed by atoms with Gasteiger partial charge < -0.3 is 30.6 Å². The molecule has 0 spiro atoms. The minimum Gasteiger partial charge on any atom is -0.376 e. The zero-order valence-electron chi connectivity index (χ0n) is 8.72. The summed E-state index contributed by atoms with van der Waals surface area (Å²) in [6.07, 6.45) is 0. The van der Waals surface area contributed by atoms with E-state index in [9.17, 15) is 9.13 Å². The van der Waals surface area contributed by atoms with Crippen LogP contribution in [0.4, 0.5) is 5.69 Å². The smallest absolute Gasteiger partial charge is 0.358 e. The van der Waals surface area contributed by atoms with Crippen LogP contribution in [0.3, 0.4) is 0 Å². The van der Waals surface area contributed by atoms with Gasteiger partial charge in [-0.3, -0.25) is 9.13 Å². The van der Waals surface area contributed by atoms with E-state index in [4.69, 9.17) is 25.3 Å². The minimum absolute atomic E-state index is 0.104. The Hall–Kier alpha value is -0.790. The van der Waals surface area contributed by atoms with Crippen LogP contribution in [0.2, 0.25) is 0 Å². The van der Waals surface area contributed by atoms with Gasteiger partial charge in [0.2, 0.25) is 0 Å². The van der Waals surface area contributed by atoms with E-state index in [1.807, 2.05) is 0 Å². The van der Waals surface area contributed by atoms with Crippen molar-refractivity contribution in [1.29, 1.82) is 0 Å². The Labute approximate surface area is 107 Å². The van der Waals surface area contributed by atoms with Crippen LogP contribution >= 0.6 is 27.4 Å². The molecule has 0 radical (unpaired) electrons. The largest absolute Gasteiger partial charge is 0.376 e. The summed E-state index contributed by atoms with van der Waals surface area (Å²) in [6.45, 7) is 0. The van der Waals surface area contributed by atoms with E-state index in [2.05, 4.69) is 17.5 Å². The van der Waals surface area contributed by atoms with E-state index >= 15 is 0 Å². The van der Waals surface area contributed by atoms with Gasteiger partial charge in [0.1, 0.15) is 0 Å². The van der Waals surface area contributed by atoms with Gasteiger partial charge in [0.05, 0.1) is 16.3 Å². The second kappa shape index (κ2) is 5.07.